The smallest absolute Gasteiger partial charge is 0.451 e. The molecule has 1 aromatic rings. The second kappa shape index (κ2) is 5.90. The van der Waals surface area contributed by atoms with Crippen molar-refractivity contribution in [3.05, 3.63) is 35.4 Å². The predicted molar refractivity (Wildman–Crippen MR) is 73.0 cm³/mol. The second-order valence-electron chi connectivity index (χ2n) is 5.36. The van der Waals surface area contributed by atoms with Crippen LogP contribution in [-0.2, 0) is 20.1 Å². The van der Waals surface area contributed by atoms with E-state index >= 15 is 0 Å². The SMILES string of the molecule is CCOC(=O)C(C(=O)C(F)(F)F)C1(O)C(=O)c2ccccc2C1(O)O. The van der Waals surface area contributed by atoms with Crippen molar-refractivity contribution in [2.45, 2.75) is 24.5 Å². The fraction of sp³-hybridized carbons (Fsp3) is 0.400. The predicted octanol–water partition coefficient (Wildman–Crippen LogP) is 0.0621. The molecule has 2 unspecified atom stereocenters. The van der Waals surface area contributed by atoms with Crippen LogP contribution in [0.25, 0.3) is 0 Å². The maximum absolute atomic E-state index is 12.9. The van der Waals surface area contributed by atoms with Gasteiger partial charge in [0, 0.05) is 11.1 Å². The number of carbonyl (C=O) groups is 3. The van der Waals surface area contributed by atoms with E-state index in [9.17, 15) is 42.9 Å². The normalized spacial score (nSPS) is 23.1. The van der Waals surface area contributed by atoms with Gasteiger partial charge in [0.1, 0.15) is 0 Å². The van der Waals surface area contributed by atoms with Gasteiger partial charge >= 0.3 is 12.1 Å². The number of fused-ring (bicyclic) bond motifs is 1. The number of hydrogen-bond donors (Lipinski definition) is 3. The highest BCUT2D eigenvalue weighted by Gasteiger charge is 2.72. The van der Waals surface area contributed by atoms with Crippen molar-refractivity contribution in [3.8, 4) is 0 Å². The van der Waals surface area contributed by atoms with Crippen molar-refractivity contribution in [2.24, 2.45) is 5.92 Å². The van der Waals surface area contributed by atoms with Gasteiger partial charge in [-0.25, -0.2) is 0 Å². The molecule has 0 aromatic heterocycles. The van der Waals surface area contributed by atoms with E-state index in [1.165, 1.54) is 19.1 Å². The van der Waals surface area contributed by atoms with E-state index in [2.05, 4.69) is 4.74 Å². The summed E-state index contributed by atoms with van der Waals surface area (Å²) in [6.07, 6.45) is -5.64. The van der Waals surface area contributed by atoms with Gasteiger partial charge in [-0.05, 0) is 6.92 Å². The Labute approximate surface area is 138 Å². The first-order valence-electron chi connectivity index (χ1n) is 6.99. The molecule has 1 aliphatic rings. The average Bonchev–Trinajstić information content (AvgIpc) is 2.67. The van der Waals surface area contributed by atoms with Crippen LogP contribution in [0, 0.1) is 5.92 Å². The van der Waals surface area contributed by atoms with Gasteiger partial charge in [-0.15, -0.1) is 0 Å². The number of aliphatic hydroxyl groups is 3. The van der Waals surface area contributed by atoms with Crippen molar-refractivity contribution < 1.29 is 47.6 Å². The lowest BCUT2D eigenvalue weighted by Crippen LogP contribution is -2.63. The topological polar surface area (TPSA) is 121 Å². The van der Waals surface area contributed by atoms with Crippen LogP contribution in [0.1, 0.15) is 22.8 Å². The third-order valence-corrected chi connectivity index (χ3v) is 3.91. The van der Waals surface area contributed by atoms with Crippen molar-refractivity contribution in [3.63, 3.8) is 0 Å². The van der Waals surface area contributed by atoms with Gasteiger partial charge in [-0.2, -0.15) is 13.2 Å². The molecule has 0 amide bonds. The summed E-state index contributed by atoms with van der Waals surface area (Å²) in [4.78, 5) is 36.0. The molecule has 1 aromatic carbocycles. The maximum atomic E-state index is 12.9. The number of carbonyl (C=O) groups excluding carboxylic acids is 3. The summed E-state index contributed by atoms with van der Waals surface area (Å²) in [6.45, 7) is 0.745. The molecule has 0 heterocycles. The van der Waals surface area contributed by atoms with E-state index in [4.69, 9.17) is 0 Å². The third-order valence-electron chi connectivity index (χ3n) is 3.91. The molecule has 0 bridgehead atoms. The molecule has 0 radical (unpaired) electrons. The van der Waals surface area contributed by atoms with Crippen LogP contribution in [0.15, 0.2) is 24.3 Å². The highest BCUT2D eigenvalue weighted by molar-refractivity contribution is 6.16. The highest BCUT2D eigenvalue weighted by atomic mass is 19.4. The van der Waals surface area contributed by atoms with Crippen molar-refractivity contribution in [2.75, 3.05) is 6.61 Å². The molecule has 2 atom stereocenters. The first-order chi connectivity index (χ1) is 11.4. The zero-order chi connectivity index (χ0) is 19.2. The van der Waals surface area contributed by atoms with E-state index in [0.717, 1.165) is 12.1 Å². The third kappa shape index (κ3) is 2.62. The van der Waals surface area contributed by atoms with Crippen LogP contribution in [0.2, 0.25) is 0 Å². The van der Waals surface area contributed by atoms with Crippen LogP contribution < -0.4 is 0 Å². The molecule has 136 valence electrons. The average molecular weight is 362 g/mol. The van der Waals surface area contributed by atoms with E-state index < -0.39 is 58.8 Å². The second-order valence-corrected chi connectivity index (χ2v) is 5.36. The van der Waals surface area contributed by atoms with Crippen LogP contribution in [-0.4, -0.2) is 51.2 Å². The minimum absolute atomic E-state index is 0.471. The van der Waals surface area contributed by atoms with Crippen molar-refractivity contribution >= 4 is 17.5 Å². The number of ketones is 2. The molecule has 7 nitrogen and oxygen atoms in total. The minimum atomic E-state index is -5.64. The molecule has 1 aliphatic carbocycles. The Balaban J connectivity index is 2.70. The van der Waals surface area contributed by atoms with Crippen LogP contribution in [0.5, 0.6) is 0 Å². The Morgan fingerprint density at radius 1 is 1.20 bits per heavy atom. The number of benzene rings is 1. The van der Waals surface area contributed by atoms with Gasteiger partial charge < -0.3 is 20.1 Å². The lowest BCUT2D eigenvalue weighted by atomic mass is 9.77. The molecule has 0 spiro atoms. The Morgan fingerprint density at radius 2 is 1.76 bits per heavy atom. The number of rotatable bonds is 4. The number of Topliss-reactive ketones (excluding diaryl/α,β-unsaturated/α-hetero) is 2. The number of halogens is 3. The first-order valence-corrected chi connectivity index (χ1v) is 6.99. The lowest BCUT2D eigenvalue weighted by Gasteiger charge is -2.36. The molecule has 10 heteroatoms. The molecular weight excluding hydrogens is 349 g/mol. The molecule has 0 saturated heterocycles. The van der Waals surface area contributed by atoms with E-state index in [1.807, 2.05) is 0 Å². The van der Waals surface area contributed by atoms with Gasteiger partial charge in [0.2, 0.25) is 17.2 Å². The summed E-state index contributed by atoms with van der Waals surface area (Å²) < 4.78 is 43.0. The zero-order valence-electron chi connectivity index (χ0n) is 12.7. The van der Waals surface area contributed by atoms with Crippen LogP contribution >= 0.6 is 0 Å². The van der Waals surface area contributed by atoms with Gasteiger partial charge in [0.25, 0.3) is 5.78 Å². The molecule has 2 rings (SSSR count). The van der Waals surface area contributed by atoms with Crippen molar-refractivity contribution in [1.29, 1.82) is 0 Å². The first kappa shape index (κ1) is 19.0. The maximum Gasteiger partial charge on any atom is 0.451 e. The molecule has 0 aliphatic heterocycles. The van der Waals surface area contributed by atoms with Crippen molar-refractivity contribution in [1.82, 2.24) is 0 Å². The monoisotopic (exact) mass is 362 g/mol. The van der Waals surface area contributed by atoms with E-state index in [0.29, 0.717) is 0 Å². The van der Waals surface area contributed by atoms with Gasteiger partial charge in [0.15, 0.2) is 5.92 Å². The quantitative estimate of drug-likeness (QED) is 0.393. The Kier molecular flexibility index (Phi) is 4.49. The summed E-state index contributed by atoms with van der Waals surface area (Å²) in [5.41, 5.74) is -4.96. The molecule has 0 saturated carbocycles. The Morgan fingerprint density at radius 3 is 2.24 bits per heavy atom. The molecule has 3 N–H and O–H groups in total. The largest absolute Gasteiger partial charge is 0.465 e. The Hall–Kier alpha value is -2.30. The fourth-order valence-corrected chi connectivity index (χ4v) is 2.74. The van der Waals surface area contributed by atoms with Gasteiger partial charge in [-0.3, -0.25) is 14.4 Å². The number of alkyl halides is 3. The van der Waals surface area contributed by atoms with Crippen LogP contribution in [0.3, 0.4) is 0 Å². The summed E-state index contributed by atoms with van der Waals surface area (Å²) in [5.74, 6) is -13.2. The molecule has 0 fully saturated rings. The number of hydrogen-bond acceptors (Lipinski definition) is 7. The molecule has 25 heavy (non-hydrogen) atoms. The van der Waals surface area contributed by atoms with Gasteiger partial charge in [0.05, 0.1) is 6.61 Å². The summed E-state index contributed by atoms with van der Waals surface area (Å²) >= 11 is 0. The highest BCUT2D eigenvalue weighted by Crippen LogP contribution is 2.48. The molecular formula is C15H13F3O7. The summed E-state index contributed by atoms with van der Waals surface area (Å²) in [7, 11) is 0. The minimum Gasteiger partial charge on any atom is -0.465 e. The van der Waals surface area contributed by atoms with E-state index in [-0.39, 0.29) is 0 Å². The zero-order valence-corrected chi connectivity index (χ0v) is 12.7. The van der Waals surface area contributed by atoms with E-state index in [1.54, 1.807) is 0 Å². The van der Waals surface area contributed by atoms with Gasteiger partial charge in [-0.1, -0.05) is 24.3 Å². The van der Waals surface area contributed by atoms with Crippen LogP contribution in [0.4, 0.5) is 13.2 Å². The number of ether oxygens (including phenoxy) is 1. The Bertz CT molecular complexity index is 741. The summed E-state index contributed by atoms with van der Waals surface area (Å²) in [5, 5.41) is 30.9. The standard InChI is InChI=1S/C15H13F3O7/c1-2-25-12(21)9(11(20)15(16,17)18)13(22)10(19)7-5-3-4-6-8(7)14(13,23)24/h3-6,9,22-24H,2H2,1H3. The number of esters is 1. The summed E-state index contributed by atoms with van der Waals surface area (Å²) in [6, 6.07) is 4.45. The lowest BCUT2D eigenvalue weighted by molar-refractivity contribution is -0.275. The fourth-order valence-electron chi connectivity index (χ4n) is 2.74.